The number of rotatable bonds is 7. The summed E-state index contributed by atoms with van der Waals surface area (Å²) in [4.78, 5) is 0.256. The number of aryl methyl sites for hydroxylation is 1. The van der Waals surface area contributed by atoms with Crippen LogP contribution in [0.4, 0.5) is 5.69 Å². The monoisotopic (exact) mass is 486 g/mol. The van der Waals surface area contributed by atoms with E-state index < -0.39 is 20.0 Å². The molecule has 33 heavy (non-hydrogen) atoms. The van der Waals surface area contributed by atoms with Crippen LogP contribution in [-0.4, -0.2) is 34.8 Å². The van der Waals surface area contributed by atoms with Gasteiger partial charge in [0.05, 0.1) is 17.8 Å². The first-order valence-corrected chi connectivity index (χ1v) is 13.6. The molecule has 0 saturated carbocycles. The average molecular weight is 487 g/mol. The number of ether oxygens (including phenoxy) is 1. The van der Waals surface area contributed by atoms with E-state index in [2.05, 4.69) is 4.72 Å². The van der Waals surface area contributed by atoms with Crippen LogP contribution in [0.5, 0.6) is 5.75 Å². The fourth-order valence-electron chi connectivity index (χ4n) is 3.86. The number of nitrogens with zero attached hydrogens (tertiary/aromatic N) is 1. The number of methoxy groups -OCH3 is 1. The van der Waals surface area contributed by atoms with Crippen molar-refractivity contribution >= 4 is 25.7 Å². The van der Waals surface area contributed by atoms with Crippen molar-refractivity contribution < 1.29 is 21.6 Å². The van der Waals surface area contributed by atoms with Crippen LogP contribution in [-0.2, 0) is 38.8 Å². The van der Waals surface area contributed by atoms with Gasteiger partial charge in [-0.25, -0.2) is 16.8 Å². The lowest BCUT2D eigenvalue weighted by Crippen LogP contribution is -2.36. The molecule has 3 aromatic carbocycles. The Morgan fingerprint density at radius 3 is 2.42 bits per heavy atom. The zero-order valence-corrected chi connectivity index (χ0v) is 20.1. The molecule has 4 rings (SSSR count). The van der Waals surface area contributed by atoms with Crippen LogP contribution in [0.2, 0.25) is 0 Å². The third-order valence-electron chi connectivity index (χ3n) is 5.61. The van der Waals surface area contributed by atoms with Gasteiger partial charge in [0.15, 0.2) is 0 Å². The summed E-state index contributed by atoms with van der Waals surface area (Å²) in [5, 5.41) is 0. The van der Waals surface area contributed by atoms with Gasteiger partial charge in [0.25, 0.3) is 0 Å². The van der Waals surface area contributed by atoms with E-state index in [0.717, 1.165) is 16.7 Å². The Morgan fingerprint density at radius 1 is 0.939 bits per heavy atom. The third-order valence-corrected chi connectivity index (χ3v) is 8.73. The van der Waals surface area contributed by atoms with Gasteiger partial charge in [-0.3, -0.25) is 4.72 Å². The van der Waals surface area contributed by atoms with Gasteiger partial charge in [-0.1, -0.05) is 35.9 Å². The van der Waals surface area contributed by atoms with E-state index in [4.69, 9.17) is 4.74 Å². The van der Waals surface area contributed by atoms with Gasteiger partial charge in [-0.2, -0.15) is 4.31 Å². The topological polar surface area (TPSA) is 92.8 Å². The van der Waals surface area contributed by atoms with Crippen LogP contribution in [0, 0.1) is 6.92 Å². The lowest BCUT2D eigenvalue weighted by Gasteiger charge is -2.28. The normalized spacial score (nSPS) is 14.5. The van der Waals surface area contributed by atoms with Crippen molar-refractivity contribution in [3.63, 3.8) is 0 Å². The molecule has 1 heterocycles. The van der Waals surface area contributed by atoms with Gasteiger partial charge in [0.2, 0.25) is 20.0 Å². The zero-order chi connectivity index (χ0) is 23.6. The first-order chi connectivity index (χ1) is 15.7. The molecule has 1 aliphatic rings. The number of nitrogens with one attached hydrogen (secondary N) is 1. The fourth-order valence-corrected chi connectivity index (χ4v) is 6.45. The number of hydrogen-bond acceptors (Lipinski definition) is 5. The molecule has 0 aromatic heterocycles. The lowest BCUT2D eigenvalue weighted by molar-refractivity contribution is 0.391. The summed E-state index contributed by atoms with van der Waals surface area (Å²) in [6.07, 6.45) is 0.567. The molecular weight excluding hydrogens is 460 g/mol. The van der Waals surface area contributed by atoms with E-state index in [1.807, 2.05) is 13.0 Å². The van der Waals surface area contributed by atoms with E-state index >= 15 is 0 Å². The molecule has 9 heteroatoms. The molecular formula is C24H26N2O5S2. The smallest absolute Gasteiger partial charge is 0.243 e. The van der Waals surface area contributed by atoms with Crippen LogP contribution in [0.25, 0.3) is 0 Å². The minimum Gasteiger partial charge on any atom is -0.497 e. The number of fused-ring (bicyclic) bond motifs is 1. The van der Waals surface area contributed by atoms with Gasteiger partial charge in [-0.15, -0.1) is 0 Å². The zero-order valence-electron chi connectivity index (χ0n) is 18.5. The Balaban J connectivity index is 1.52. The van der Waals surface area contributed by atoms with Gasteiger partial charge in [0.1, 0.15) is 5.75 Å². The third kappa shape index (κ3) is 5.38. The van der Waals surface area contributed by atoms with E-state index in [0.29, 0.717) is 30.0 Å². The Morgan fingerprint density at radius 2 is 1.70 bits per heavy atom. The van der Waals surface area contributed by atoms with E-state index in [-0.39, 0.29) is 17.2 Å². The van der Waals surface area contributed by atoms with Gasteiger partial charge < -0.3 is 4.74 Å². The predicted octanol–water partition coefficient (Wildman–Crippen LogP) is 3.69. The van der Waals surface area contributed by atoms with Crippen molar-refractivity contribution in [2.75, 3.05) is 18.4 Å². The molecule has 0 amide bonds. The van der Waals surface area contributed by atoms with Crippen molar-refractivity contribution in [1.29, 1.82) is 0 Å². The molecule has 0 radical (unpaired) electrons. The fraction of sp³-hybridized carbons (Fsp3) is 0.250. The molecule has 0 bridgehead atoms. The lowest BCUT2D eigenvalue weighted by atomic mass is 10.0. The molecule has 0 fully saturated rings. The van der Waals surface area contributed by atoms with E-state index in [9.17, 15) is 16.8 Å². The first-order valence-electron chi connectivity index (χ1n) is 10.5. The SMILES string of the molecule is COc1cccc(CS(=O)(=O)Nc2ccc3c(c2)CN(S(=O)(=O)c2ccc(C)cc2)CC3)c1. The summed E-state index contributed by atoms with van der Waals surface area (Å²) >= 11 is 0. The van der Waals surface area contributed by atoms with Crippen LogP contribution in [0.15, 0.2) is 71.6 Å². The molecule has 0 spiro atoms. The van der Waals surface area contributed by atoms with Crippen LogP contribution in [0.1, 0.15) is 22.3 Å². The Bertz CT molecular complexity index is 1370. The maximum Gasteiger partial charge on any atom is 0.243 e. The summed E-state index contributed by atoms with van der Waals surface area (Å²) in [6.45, 7) is 2.48. The van der Waals surface area contributed by atoms with Crippen molar-refractivity contribution in [2.24, 2.45) is 0 Å². The minimum atomic E-state index is -3.67. The predicted molar refractivity (Wildman–Crippen MR) is 128 cm³/mol. The maximum absolute atomic E-state index is 13.1. The molecule has 3 aromatic rings. The van der Waals surface area contributed by atoms with Gasteiger partial charge in [0, 0.05) is 18.8 Å². The highest BCUT2D eigenvalue weighted by Gasteiger charge is 2.28. The highest BCUT2D eigenvalue weighted by Crippen LogP contribution is 2.28. The second kappa shape index (κ2) is 9.17. The van der Waals surface area contributed by atoms with Crippen molar-refractivity contribution in [3.8, 4) is 5.75 Å². The van der Waals surface area contributed by atoms with Crippen LogP contribution < -0.4 is 9.46 Å². The van der Waals surface area contributed by atoms with Crippen LogP contribution >= 0.6 is 0 Å². The first kappa shape index (κ1) is 23.3. The molecule has 174 valence electrons. The summed E-state index contributed by atoms with van der Waals surface area (Å²) < 4.78 is 60.8. The van der Waals surface area contributed by atoms with Crippen molar-refractivity contribution in [2.45, 2.75) is 30.5 Å². The summed E-state index contributed by atoms with van der Waals surface area (Å²) in [6, 6.07) is 19.0. The van der Waals surface area contributed by atoms with Crippen molar-refractivity contribution in [3.05, 3.63) is 89.0 Å². The molecule has 7 nitrogen and oxygen atoms in total. The molecule has 0 saturated heterocycles. The summed E-state index contributed by atoms with van der Waals surface area (Å²) in [5.74, 6) is 0.390. The van der Waals surface area contributed by atoms with E-state index in [1.165, 1.54) is 11.4 Å². The van der Waals surface area contributed by atoms with E-state index in [1.54, 1.807) is 60.7 Å². The number of hydrogen-bond donors (Lipinski definition) is 1. The summed E-state index contributed by atoms with van der Waals surface area (Å²) in [7, 11) is -5.77. The minimum absolute atomic E-state index is 0.191. The van der Waals surface area contributed by atoms with Gasteiger partial charge in [-0.05, 0) is 66.4 Å². The number of anilines is 1. The second-order valence-corrected chi connectivity index (χ2v) is 11.8. The Labute approximate surface area is 195 Å². The standard InChI is InChI=1S/C24H26N2O5S2/c1-18-6-10-24(11-7-18)33(29,30)26-13-12-20-8-9-22(15-21(20)16-26)25-32(27,28)17-19-4-3-5-23(14-19)31-2/h3-11,14-15,25H,12-13,16-17H2,1-2H3. The average Bonchev–Trinajstić information content (AvgIpc) is 2.78. The number of benzene rings is 3. The Kier molecular flexibility index (Phi) is 6.47. The summed E-state index contributed by atoms with van der Waals surface area (Å²) in [5.41, 5.74) is 3.81. The Hall–Kier alpha value is -2.88. The van der Waals surface area contributed by atoms with Gasteiger partial charge >= 0.3 is 0 Å². The van der Waals surface area contributed by atoms with Crippen LogP contribution in [0.3, 0.4) is 0 Å². The maximum atomic E-state index is 13.1. The second-order valence-electron chi connectivity index (χ2n) is 8.10. The molecule has 0 unspecified atom stereocenters. The molecule has 1 N–H and O–H groups in total. The van der Waals surface area contributed by atoms with Crippen molar-refractivity contribution in [1.82, 2.24) is 4.31 Å². The highest BCUT2D eigenvalue weighted by molar-refractivity contribution is 7.91. The molecule has 0 aliphatic carbocycles. The largest absolute Gasteiger partial charge is 0.497 e. The number of sulfonamides is 2. The molecule has 0 atom stereocenters. The molecule has 1 aliphatic heterocycles. The highest BCUT2D eigenvalue weighted by atomic mass is 32.2. The quantitative estimate of drug-likeness (QED) is 0.550.